The first-order chi connectivity index (χ1) is 12.2. The second-order valence-electron chi connectivity index (χ2n) is 8.46. The van der Waals surface area contributed by atoms with Crippen LogP contribution in [0.4, 0.5) is 0 Å². The Labute approximate surface area is 150 Å². The fourth-order valence-electron chi connectivity index (χ4n) is 5.08. The van der Waals surface area contributed by atoms with E-state index in [1.165, 1.54) is 25.7 Å². The molecule has 5 heteroatoms. The topological polar surface area (TPSA) is 59.2 Å². The Bertz CT molecular complexity index is 618. The molecule has 0 unspecified atom stereocenters. The van der Waals surface area contributed by atoms with Gasteiger partial charge in [-0.15, -0.1) is 10.2 Å². The molecule has 3 fully saturated rings. The van der Waals surface area contributed by atoms with E-state index in [1.54, 1.807) is 0 Å². The molecule has 0 bridgehead atoms. The normalized spacial score (nSPS) is 28.8. The number of amides is 1. The van der Waals surface area contributed by atoms with Crippen LogP contribution in [0.25, 0.3) is 0 Å². The molecule has 1 amide bonds. The van der Waals surface area contributed by atoms with Gasteiger partial charge < -0.3 is 9.32 Å². The molecule has 0 aromatic carbocycles. The van der Waals surface area contributed by atoms with Crippen molar-refractivity contribution in [3.05, 3.63) is 11.8 Å². The molecule has 1 aromatic heterocycles. The predicted octanol–water partition coefficient (Wildman–Crippen LogP) is 4.04. The van der Waals surface area contributed by atoms with Crippen LogP contribution in [-0.2, 0) is 10.2 Å². The highest BCUT2D eigenvalue weighted by molar-refractivity contribution is 5.79. The van der Waals surface area contributed by atoms with Crippen LogP contribution in [-0.4, -0.2) is 34.1 Å². The standard InChI is InChI=1S/C20H31N3O2/c1-3-6-15(7-4-2)18(24)23-12-16-8-5-11-20(16,13-23)19-22-21-17(25-19)14-9-10-14/h14-16H,3-13H2,1-2H3/t16-,20-/m0/s1. The molecule has 1 aliphatic heterocycles. The fraction of sp³-hybridized carbons (Fsp3) is 0.850. The van der Waals surface area contributed by atoms with Gasteiger partial charge in [-0.1, -0.05) is 33.1 Å². The smallest absolute Gasteiger partial charge is 0.225 e. The first-order valence-corrected chi connectivity index (χ1v) is 10.3. The van der Waals surface area contributed by atoms with Gasteiger partial charge >= 0.3 is 0 Å². The first kappa shape index (κ1) is 17.0. The summed E-state index contributed by atoms with van der Waals surface area (Å²) in [7, 11) is 0. The predicted molar refractivity (Wildman–Crippen MR) is 95.2 cm³/mol. The monoisotopic (exact) mass is 345 g/mol. The summed E-state index contributed by atoms with van der Waals surface area (Å²) < 4.78 is 6.12. The van der Waals surface area contributed by atoms with Crippen molar-refractivity contribution in [2.45, 2.75) is 83.0 Å². The molecule has 0 radical (unpaired) electrons. The molecule has 1 aromatic rings. The van der Waals surface area contributed by atoms with E-state index in [-0.39, 0.29) is 11.3 Å². The van der Waals surface area contributed by atoms with Crippen molar-refractivity contribution in [3.8, 4) is 0 Å². The fourth-order valence-corrected chi connectivity index (χ4v) is 5.08. The summed E-state index contributed by atoms with van der Waals surface area (Å²) in [5.74, 6) is 3.18. The van der Waals surface area contributed by atoms with E-state index < -0.39 is 0 Å². The summed E-state index contributed by atoms with van der Waals surface area (Å²) in [4.78, 5) is 15.2. The average molecular weight is 345 g/mol. The van der Waals surface area contributed by atoms with Crippen LogP contribution in [0.5, 0.6) is 0 Å². The third-order valence-corrected chi connectivity index (χ3v) is 6.60. The minimum absolute atomic E-state index is 0.0707. The zero-order chi connectivity index (χ0) is 17.4. The summed E-state index contributed by atoms with van der Waals surface area (Å²) in [6.07, 6.45) is 10.00. The molecule has 2 aliphatic carbocycles. The number of nitrogens with zero attached hydrogens (tertiary/aromatic N) is 3. The van der Waals surface area contributed by atoms with Gasteiger partial charge in [0.15, 0.2) is 0 Å². The summed E-state index contributed by atoms with van der Waals surface area (Å²) in [6, 6.07) is 0. The van der Waals surface area contributed by atoms with Crippen molar-refractivity contribution >= 4 is 5.91 Å². The van der Waals surface area contributed by atoms with Crippen LogP contribution in [0, 0.1) is 11.8 Å². The summed E-state index contributed by atoms with van der Waals surface area (Å²) >= 11 is 0. The Morgan fingerprint density at radius 1 is 1.24 bits per heavy atom. The number of rotatable bonds is 7. The maximum Gasteiger partial charge on any atom is 0.225 e. The van der Waals surface area contributed by atoms with Crippen LogP contribution in [0.15, 0.2) is 4.42 Å². The second-order valence-corrected chi connectivity index (χ2v) is 8.46. The van der Waals surface area contributed by atoms with Crippen LogP contribution in [0.2, 0.25) is 0 Å². The Morgan fingerprint density at radius 2 is 2.00 bits per heavy atom. The van der Waals surface area contributed by atoms with E-state index in [0.29, 0.717) is 17.7 Å². The first-order valence-electron chi connectivity index (χ1n) is 10.3. The summed E-state index contributed by atoms with van der Waals surface area (Å²) in [5, 5.41) is 8.77. The Kier molecular flexibility index (Phi) is 4.59. The van der Waals surface area contributed by atoms with Gasteiger partial charge in [0.1, 0.15) is 0 Å². The van der Waals surface area contributed by atoms with Crippen molar-refractivity contribution in [1.82, 2.24) is 15.1 Å². The van der Waals surface area contributed by atoms with Gasteiger partial charge in [-0.25, -0.2) is 0 Å². The molecule has 138 valence electrons. The molecule has 3 aliphatic rings. The van der Waals surface area contributed by atoms with Crippen LogP contribution < -0.4 is 0 Å². The number of hydrogen-bond acceptors (Lipinski definition) is 4. The summed E-state index contributed by atoms with van der Waals surface area (Å²) in [6.45, 7) is 6.01. The number of hydrogen-bond donors (Lipinski definition) is 0. The molecule has 2 saturated carbocycles. The minimum Gasteiger partial charge on any atom is -0.424 e. The molecule has 25 heavy (non-hydrogen) atoms. The van der Waals surface area contributed by atoms with Gasteiger partial charge in [0.2, 0.25) is 17.7 Å². The van der Waals surface area contributed by atoms with Gasteiger partial charge in [0.25, 0.3) is 0 Å². The maximum absolute atomic E-state index is 13.1. The largest absolute Gasteiger partial charge is 0.424 e. The molecule has 2 atom stereocenters. The van der Waals surface area contributed by atoms with E-state index in [2.05, 4.69) is 28.9 Å². The lowest BCUT2D eigenvalue weighted by Gasteiger charge is -2.26. The second kappa shape index (κ2) is 6.73. The Balaban J connectivity index is 1.53. The van der Waals surface area contributed by atoms with Crippen molar-refractivity contribution in [2.24, 2.45) is 11.8 Å². The van der Waals surface area contributed by atoms with Crippen molar-refractivity contribution in [2.75, 3.05) is 13.1 Å². The lowest BCUT2D eigenvalue weighted by Crippen LogP contribution is -2.38. The highest BCUT2D eigenvalue weighted by Gasteiger charge is 2.55. The van der Waals surface area contributed by atoms with Crippen LogP contribution >= 0.6 is 0 Å². The molecular formula is C20H31N3O2. The van der Waals surface area contributed by atoms with Crippen molar-refractivity contribution in [1.29, 1.82) is 0 Å². The van der Waals surface area contributed by atoms with Crippen molar-refractivity contribution in [3.63, 3.8) is 0 Å². The molecule has 5 nitrogen and oxygen atoms in total. The van der Waals surface area contributed by atoms with E-state index in [0.717, 1.165) is 57.0 Å². The lowest BCUT2D eigenvalue weighted by atomic mass is 9.80. The average Bonchev–Trinajstić information content (AvgIpc) is 3.04. The van der Waals surface area contributed by atoms with E-state index in [1.807, 2.05) is 0 Å². The minimum atomic E-state index is -0.0707. The third kappa shape index (κ3) is 3.00. The van der Waals surface area contributed by atoms with E-state index >= 15 is 0 Å². The number of carbonyl (C=O) groups is 1. The van der Waals surface area contributed by atoms with Gasteiger partial charge in [0.05, 0.1) is 5.41 Å². The maximum atomic E-state index is 13.1. The molecule has 0 spiro atoms. The van der Waals surface area contributed by atoms with E-state index in [9.17, 15) is 4.79 Å². The van der Waals surface area contributed by atoms with Crippen LogP contribution in [0.1, 0.15) is 89.3 Å². The zero-order valence-corrected chi connectivity index (χ0v) is 15.7. The zero-order valence-electron chi connectivity index (χ0n) is 15.7. The van der Waals surface area contributed by atoms with Gasteiger partial charge in [-0.2, -0.15) is 0 Å². The number of aromatic nitrogens is 2. The highest BCUT2D eigenvalue weighted by atomic mass is 16.4. The SMILES string of the molecule is CCCC(CCC)C(=O)N1C[C@@H]2CCC[C@]2(c2nnc(C3CC3)o2)C1. The third-order valence-electron chi connectivity index (χ3n) is 6.60. The van der Waals surface area contributed by atoms with E-state index in [4.69, 9.17) is 4.42 Å². The molecule has 2 heterocycles. The number of fused-ring (bicyclic) bond motifs is 1. The number of carbonyl (C=O) groups excluding carboxylic acids is 1. The van der Waals surface area contributed by atoms with Gasteiger partial charge in [-0.3, -0.25) is 4.79 Å². The van der Waals surface area contributed by atoms with Gasteiger partial charge in [-0.05, 0) is 44.4 Å². The molecule has 4 rings (SSSR count). The van der Waals surface area contributed by atoms with Crippen molar-refractivity contribution < 1.29 is 9.21 Å². The quantitative estimate of drug-likeness (QED) is 0.748. The molecular weight excluding hydrogens is 314 g/mol. The summed E-state index contributed by atoms with van der Waals surface area (Å²) in [5.41, 5.74) is -0.0707. The number of likely N-dealkylation sites (tertiary alicyclic amines) is 1. The highest BCUT2D eigenvalue weighted by Crippen LogP contribution is 2.51. The molecule has 1 saturated heterocycles. The lowest BCUT2D eigenvalue weighted by molar-refractivity contribution is -0.135. The van der Waals surface area contributed by atoms with Gasteiger partial charge in [0, 0.05) is 24.9 Å². The van der Waals surface area contributed by atoms with Crippen LogP contribution in [0.3, 0.4) is 0 Å². The molecule has 0 N–H and O–H groups in total. The Morgan fingerprint density at radius 3 is 2.68 bits per heavy atom. The Hall–Kier alpha value is -1.39.